The van der Waals surface area contributed by atoms with E-state index >= 15 is 0 Å². The van der Waals surface area contributed by atoms with Crippen molar-refractivity contribution in [1.82, 2.24) is 0 Å². The molecule has 4 aromatic carbocycles. The highest BCUT2D eigenvalue weighted by atomic mass is 28.4. The second-order valence-corrected chi connectivity index (χ2v) is 23.1. The molecule has 0 saturated heterocycles. The van der Waals surface area contributed by atoms with Crippen LogP contribution in [0.4, 0.5) is 0 Å². The standard InChI is InChI=1S/C44H54O3Si2/c1-8-37(46-48(43(2,3)4,39-28-16-10-17-29-39)40-30-18-11-19-31-40)25-14-9-15-26-38(27-24-36-45)47-49(44(5,6)7,41-32-20-12-21-33-41)42-34-22-13-23-35-42/h9-25,27-38H,8,26H2,1-7H3/b15-9-,25-14+,27-24+/t37-,38-/m1/s1. The third-order valence-corrected chi connectivity index (χ3v) is 19.4. The van der Waals surface area contributed by atoms with Crippen LogP contribution in [0.5, 0.6) is 0 Å². The molecule has 49 heavy (non-hydrogen) atoms. The summed E-state index contributed by atoms with van der Waals surface area (Å²) in [4.78, 5) is 11.5. The largest absolute Gasteiger partial charge is 0.401 e. The molecule has 4 aromatic rings. The molecule has 0 saturated carbocycles. The van der Waals surface area contributed by atoms with E-state index < -0.39 is 16.6 Å². The van der Waals surface area contributed by atoms with Crippen molar-refractivity contribution in [2.45, 2.75) is 83.6 Å². The van der Waals surface area contributed by atoms with Crippen molar-refractivity contribution < 1.29 is 13.6 Å². The molecule has 3 nitrogen and oxygen atoms in total. The van der Waals surface area contributed by atoms with Crippen LogP contribution in [-0.4, -0.2) is 35.1 Å². The minimum Gasteiger partial charge on any atom is -0.401 e. The number of hydrogen-bond acceptors (Lipinski definition) is 3. The predicted molar refractivity (Wildman–Crippen MR) is 213 cm³/mol. The van der Waals surface area contributed by atoms with Crippen LogP contribution in [-0.2, 0) is 13.6 Å². The highest BCUT2D eigenvalue weighted by Gasteiger charge is 2.52. The average Bonchev–Trinajstić information content (AvgIpc) is 3.10. The summed E-state index contributed by atoms with van der Waals surface area (Å²) < 4.78 is 14.7. The Labute approximate surface area is 297 Å². The van der Waals surface area contributed by atoms with E-state index in [1.165, 1.54) is 20.7 Å². The maximum absolute atomic E-state index is 11.5. The van der Waals surface area contributed by atoms with Crippen LogP contribution in [0.3, 0.4) is 0 Å². The molecule has 4 rings (SSSR count). The van der Waals surface area contributed by atoms with Crippen molar-refractivity contribution in [3.8, 4) is 0 Å². The van der Waals surface area contributed by atoms with Crippen LogP contribution < -0.4 is 20.7 Å². The van der Waals surface area contributed by atoms with E-state index in [0.29, 0.717) is 6.42 Å². The lowest BCUT2D eigenvalue weighted by molar-refractivity contribution is -0.104. The highest BCUT2D eigenvalue weighted by molar-refractivity contribution is 7.00. The van der Waals surface area contributed by atoms with Crippen molar-refractivity contribution in [2.75, 3.05) is 0 Å². The molecule has 0 aromatic heterocycles. The fraction of sp³-hybridized carbons (Fsp3) is 0.295. The molecule has 0 unspecified atom stereocenters. The van der Waals surface area contributed by atoms with E-state index in [1.54, 1.807) is 6.08 Å². The Kier molecular flexibility index (Phi) is 13.3. The molecule has 0 bridgehead atoms. The lowest BCUT2D eigenvalue weighted by Crippen LogP contribution is -2.67. The number of allylic oxidation sites excluding steroid dienone is 3. The van der Waals surface area contributed by atoms with Gasteiger partial charge >= 0.3 is 0 Å². The van der Waals surface area contributed by atoms with Crippen molar-refractivity contribution in [1.29, 1.82) is 0 Å². The second-order valence-electron chi connectivity index (χ2n) is 14.6. The molecule has 0 aliphatic rings. The molecule has 0 N–H and O–H groups in total. The van der Waals surface area contributed by atoms with E-state index in [-0.39, 0.29) is 22.3 Å². The molecular formula is C44H54O3Si2. The first-order chi connectivity index (χ1) is 23.5. The van der Waals surface area contributed by atoms with E-state index in [0.717, 1.165) is 12.7 Å². The van der Waals surface area contributed by atoms with Gasteiger partial charge in [-0.2, -0.15) is 0 Å². The zero-order chi connectivity index (χ0) is 35.4. The van der Waals surface area contributed by atoms with E-state index in [2.05, 4.69) is 194 Å². The van der Waals surface area contributed by atoms with Crippen molar-refractivity contribution in [3.05, 3.63) is 158 Å². The van der Waals surface area contributed by atoms with Gasteiger partial charge in [0.15, 0.2) is 0 Å². The minimum absolute atomic E-state index is 0.0601. The number of benzene rings is 4. The molecule has 0 aliphatic carbocycles. The maximum Gasteiger partial charge on any atom is 0.261 e. The van der Waals surface area contributed by atoms with Gasteiger partial charge in [0, 0.05) is 0 Å². The Morgan fingerprint density at radius 3 is 1.20 bits per heavy atom. The number of hydrogen-bond donors (Lipinski definition) is 0. The SMILES string of the molecule is CC[C@H](/C=C/C=C\C[C@H](/C=C/C=O)O[Si](c1ccccc1)(c1ccccc1)C(C)(C)C)O[Si](c1ccccc1)(c1ccccc1)C(C)(C)C. The summed E-state index contributed by atoms with van der Waals surface area (Å²) in [5, 5.41) is 4.73. The number of aldehydes is 1. The third-order valence-electron chi connectivity index (χ3n) is 9.24. The fourth-order valence-electron chi connectivity index (χ4n) is 6.91. The molecule has 0 fully saturated rings. The number of rotatable bonds is 15. The molecule has 0 radical (unpaired) electrons. The van der Waals surface area contributed by atoms with E-state index in [1.807, 2.05) is 6.08 Å². The fourth-order valence-corrected chi connectivity index (χ4v) is 16.3. The van der Waals surface area contributed by atoms with Gasteiger partial charge in [-0.3, -0.25) is 4.79 Å². The molecule has 0 heterocycles. The summed E-state index contributed by atoms with van der Waals surface area (Å²) in [5.74, 6) is 0. The third kappa shape index (κ3) is 8.84. The van der Waals surface area contributed by atoms with Crippen molar-refractivity contribution >= 4 is 43.7 Å². The zero-order valence-electron chi connectivity index (χ0n) is 30.4. The lowest BCUT2D eigenvalue weighted by atomic mass is 10.2. The smallest absolute Gasteiger partial charge is 0.261 e. The zero-order valence-corrected chi connectivity index (χ0v) is 32.4. The Bertz CT molecular complexity index is 1570. The normalized spacial score (nSPS) is 14.4. The molecule has 256 valence electrons. The van der Waals surface area contributed by atoms with Crippen LogP contribution in [0.25, 0.3) is 0 Å². The van der Waals surface area contributed by atoms with Gasteiger partial charge in [0.2, 0.25) is 0 Å². The van der Waals surface area contributed by atoms with Crippen molar-refractivity contribution in [3.63, 3.8) is 0 Å². The van der Waals surface area contributed by atoms with Crippen LogP contribution in [0.2, 0.25) is 10.1 Å². The first-order valence-electron chi connectivity index (χ1n) is 17.5. The first-order valence-corrected chi connectivity index (χ1v) is 21.3. The minimum atomic E-state index is -2.80. The quantitative estimate of drug-likeness (QED) is 0.0544. The van der Waals surface area contributed by atoms with E-state index in [9.17, 15) is 4.79 Å². The summed E-state index contributed by atoms with van der Waals surface area (Å²) in [7, 11) is -5.48. The topological polar surface area (TPSA) is 35.5 Å². The Hall–Kier alpha value is -3.88. The van der Waals surface area contributed by atoms with Gasteiger partial charge in [-0.15, -0.1) is 0 Å². The average molecular weight is 687 g/mol. The summed E-state index contributed by atoms with van der Waals surface area (Å²) in [5.41, 5.74) is 0. The highest BCUT2D eigenvalue weighted by Crippen LogP contribution is 2.39. The Morgan fingerprint density at radius 2 is 0.878 bits per heavy atom. The van der Waals surface area contributed by atoms with E-state index in [4.69, 9.17) is 8.85 Å². The van der Waals surface area contributed by atoms with Crippen molar-refractivity contribution in [2.24, 2.45) is 0 Å². The second kappa shape index (κ2) is 17.2. The molecular weight excluding hydrogens is 633 g/mol. The van der Waals surface area contributed by atoms with Crippen LogP contribution >= 0.6 is 0 Å². The summed E-state index contributed by atoms with van der Waals surface area (Å²) >= 11 is 0. The molecule has 0 amide bonds. The van der Waals surface area contributed by atoms with Gasteiger partial charge in [0.25, 0.3) is 16.6 Å². The van der Waals surface area contributed by atoms with Crippen LogP contribution in [0.15, 0.2) is 158 Å². The maximum atomic E-state index is 11.5. The van der Waals surface area contributed by atoms with Gasteiger partial charge in [-0.25, -0.2) is 0 Å². The summed E-state index contributed by atoms with van der Waals surface area (Å²) in [6, 6.07) is 42.8. The summed E-state index contributed by atoms with van der Waals surface area (Å²) in [6.07, 6.45) is 14.0. The van der Waals surface area contributed by atoms with Gasteiger partial charge in [0.1, 0.15) is 6.29 Å². The Morgan fingerprint density at radius 1 is 0.531 bits per heavy atom. The van der Waals surface area contributed by atoms with Gasteiger partial charge in [-0.05, 0) is 49.7 Å². The Balaban J connectivity index is 1.63. The molecule has 2 atom stereocenters. The lowest BCUT2D eigenvalue weighted by Gasteiger charge is -2.44. The van der Waals surface area contributed by atoms with Gasteiger partial charge in [0.05, 0.1) is 12.2 Å². The molecule has 0 aliphatic heterocycles. The van der Waals surface area contributed by atoms with Gasteiger partial charge in [-0.1, -0.05) is 200 Å². The predicted octanol–water partition coefficient (Wildman–Crippen LogP) is 8.54. The van der Waals surface area contributed by atoms with Gasteiger partial charge < -0.3 is 8.85 Å². The van der Waals surface area contributed by atoms with Crippen LogP contribution in [0, 0.1) is 0 Å². The van der Waals surface area contributed by atoms with Crippen LogP contribution in [0.1, 0.15) is 61.3 Å². The number of carbonyl (C=O) groups is 1. The molecule has 5 heteroatoms. The monoisotopic (exact) mass is 686 g/mol. The first kappa shape index (κ1) is 37.9. The molecule has 0 spiro atoms. The summed E-state index contributed by atoms with van der Waals surface area (Å²) in [6.45, 7) is 15.9. The number of carbonyl (C=O) groups excluding carboxylic acids is 1.